The van der Waals surface area contributed by atoms with Crippen molar-refractivity contribution in [1.82, 2.24) is 14.1 Å². The van der Waals surface area contributed by atoms with Gasteiger partial charge in [0.15, 0.2) is 0 Å². The van der Waals surface area contributed by atoms with E-state index in [4.69, 9.17) is 5.73 Å². The van der Waals surface area contributed by atoms with Gasteiger partial charge in [-0.05, 0) is 19.1 Å². The molecule has 5 nitrogen and oxygen atoms in total. The number of fused-ring (bicyclic) bond motifs is 1. The summed E-state index contributed by atoms with van der Waals surface area (Å²) < 4.78 is 3.30. The summed E-state index contributed by atoms with van der Waals surface area (Å²) in [5.41, 5.74) is 7.69. The quantitative estimate of drug-likeness (QED) is 0.788. The number of nitrogens with zero attached hydrogens (tertiary/aromatic N) is 3. The third-order valence-corrected chi connectivity index (χ3v) is 3.44. The minimum atomic E-state index is -0.0277. The van der Waals surface area contributed by atoms with Gasteiger partial charge in [0.2, 0.25) is 0 Å². The SMILES string of the molecule is CCn1ccn(Cc2cc3ccccc3nc2N)c1=O. The van der Waals surface area contributed by atoms with Crippen molar-refractivity contribution in [3.63, 3.8) is 0 Å². The maximum Gasteiger partial charge on any atom is 0.328 e. The third kappa shape index (κ3) is 2.07. The molecule has 2 heterocycles. The number of anilines is 1. The number of para-hydroxylation sites is 1. The molecule has 0 bridgehead atoms. The Hall–Kier alpha value is -2.56. The van der Waals surface area contributed by atoms with Gasteiger partial charge in [-0.15, -0.1) is 0 Å². The fourth-order valence-electron chi connectivity index (χ4n) is 2.30. The van der Waals surface area contributed by atoms with Crippen molar-refractivity contribution < 1.29 is 0 Å². The fraction of sp³-hybridized carbons (Fsp3) is 0.200. The number of pyridine rings is 1. The number of imidazole rings is 1. The standard InChI is InChI=1S/C15H16N4O/c1-2-18-7-8-19(15(18)20)10-12-9-11-5-3-4-6-13(11)17-14(12)16/h3-9H,2,10H2,1H3,(H2,16,17). The van der Waals surface area contributed by atoms with Crippen molar-refractivity contribution in [1.29, 1.82) is 0 Å². The molecule has 0 spiro atoms. The lowest BCUT2D eigenvalue weighted by Gasteiger charge is -2.07. The monoisotopic (exact) mass is 268 g/mol. The molecule has 3 aromatic rings. The van der Waals surface area contributed by atoms with Crippen LogP contribution in [0.5, 0.6) is 0 Å². The summed E-state index contributed by atoms with van der Waals surface area (Å²) in [6.45, 7) is 3.05. The van der Waals surface area contributed by atoms with Crippen LogP contribution in [0.2, 0.25) is 0 Å². The zero-order valence-corrected chi connectivity index (χ0v) is 11.3. The van der Waals surface area contributed by atoms with E-state index >= 15 is 0 Å². The molecule has 2 N–H and O–H groups in total. The predicted octanol–water partition coefficient (Wildman–Crippen LogP) is 1.85. The fourth-order valence-corrected chi connectivity index (χ4v) is 2.30. The van der Waals surface area contributed by atoms with Crippen LogP contribution in [0.1, 0.15) is 12.5 Å². The molecule has 102 valence electrons. The molecule has 0 atom stereocenters. The Labute approximate surface area is 116 Å². The van der Waals surface area contributed by atoms with Crippen LogP contribution >= 0.6 is 0 Å². The van der Waals surface area contributed by atoms with Gasteiger partial charge < -0.3 is 5.73 Å². The van der Waals surface area contributed by atoms with Crippen LogP contribution in [0.25, 0.3) is 10.9 Å². The van der Waals surface area contributed by atoms with Gasteiger partial charge in [-0.3, -0.25) is 9.13 Å². The molecule has 2 aromatic heterocycles. The smallest absolute Gasteiger partial charge is 0.328 e. The molecular weight excluding hydrogens is 252 g/mol. The molecule has 0 aliphatic heterocycles. The molecule has 0 radical (unpaired) electrons. The van der Waals surface area contributed by atoms with Crippen molar-refractivity contribution in [2.45, 2.75) is 20.0 Å². The van der Waals surface area contributed by atoms with E-state index in [1.165, 1.54) is 0 Å². The summed E-state index contributed by atoms with van der Waals surface area (Å²) >= 11 is 0. The van der Waals surface area contributed by atoms with Gasteiger partial charge in [-0.2, -0.15) is 0 Å². The van der Waals surface area contributed by atoms with Crippen molar-refractivity contribution in [3.05, 3.63) is 58.8 Å². The number of hydrogen-bond donors (Lipinski definition) is 1. The van der Waals surface area contributed by atoms with E-state index in [0.717, 1.165) is 16.5 Å². The largest absolute Gasteiger partial charge is 0.383 e. The molecule has 0 amide bonds. The van der Waals surface area contributed by atoms with E-state index in [0.29, 0.717) is 18.9 Å². The van der Waals surface area contributed by atoms with Crippen molar-refractivity contribution in [2.75, 3.05) is 5.73 Å². The third-order valence-electron chi connectivity index (χ3n) is 3.44. The molecule has 0 saturated carbocycles. The second-order valence-electron chi connectivity index (χ2n) is 4.72. The number of aromatic nitrogens is 3. The Bertz CT molecular complexity index is 816. The maximum atomic E-state index is 12.0. The predicted molar refractivity (Wildman–Crippen MR) is 79.6 cm³/mol. The van der Waals surface area contributed by atoms with E-state index in [-0.39, 0.29) is 5.69 Å². The average Bonchev–Trinajstić information content (AvgIpc) is 2.80. The minimum absolute atomic E-state index is 0.0277. The van der Waals surface area contributed by atoms with Crippen molar-refractivity contribution >= 4 is 16.7 Å². The first-order chi connectivity index (χ1) is 9.69. The maximum absolute atomic E-state index is 12.0. The van der Waals surface area contributed by atoms with Crippen molar-refractivity contribution in [2.24, 2.45) is 0 Å². The van der Waals surface area contributed by atoms with E-state index in [1.807, 2.05) is 37.3 Å². The zero-order valence-electron chi connectivity index (χ0n) is 11.3. The molecule has 0 fully saturated rings. The normalized spacial score (nSPS) is 11.1. The average molecular weight is 268 g/mol. The minimum Gasteiger partial charge on any atom is -0.383 e. The first kappa shape index (κ1) is 12.5. The van der Waals surface area contributed by atoms with Crippen LogP contribution in [0.3, 0.4) is 0 Å². The number of aryl methyl sites for hydroxylation is 1. The number of hydrogen-bond acceptors (Lipinski definition) is 3. The Morgan fingerprint density at radius 3 is 2.70 bits per heavy atom. The number of nitrogen functional groups attached to an aromatic ring is 1. The Morgan fingerprint density at radius 1 is 1.20 bits per heavy atom. The molecule has 20 heavy (non-hydrogen) atoms. The molecule has 0 saturated heterocycles. The Balaban J connectivity index is 2.03. The summed E-state index contributed by atoms with van der Waals surface area (Å²) in [6.07, 6.45) is 3.56. The summed E-state index contributed by atoms with van der Waals surface area (Å²) in [6, 6.07) is 9.80. The molecule has 0 aliphatic carbocycles. The van der Waals surface area contributed by atoms with Crippen LogP contribution in [0.15, 0.2) is 47.5 Å². The van der Waals surface area contributed by atoms with Crippen LogP contribution in [0, 0.1) is 0 Å². The Morgan fingerprint density at radius 2 is 1.95 bits per heavy atom. The summed E-state index contributed by atoms with van der Waals surface area (Å²) in [4.78, 5) is 16.4. The zero-order chi connectivity index (χ0) is 14.1. The number of benzene rings is 1. The molecule has 0 unspecified atom stereocenters. The molecular formula is C15H16N4O. The summed E-state index contributed by atoms with van der Waals surface area (Å²) in [5.74, 6) is 0.472. The van der Waals surface area contributed by atoms with Crippen LogP contribution < -0.4 is 11.4 Å². The highest BCUT2D eigenvalue weighted by Crippen LogP contribution is 2.18. The molecule has 5 heteroatoms. The summed E-state index contributed by atoms with van der Waals surface area (Å²) in [7, 11) is 0. The summed E-state index contributed by atoms with van der Waals surface area (Å²) in [5, 5.41) is 1.03. The van der Waals surface area contributed by atoms with E-state index in [2.05, 4.69) is 4.98 Å². The van der Waals surface area contributed by atoms with Gasteiger partial charge in [0.25, 0.3) is 0 Å². The van der Waals surface area contributed by atoms with Crippen LogP contribution in [-0.4, -0.2) is 14.1 Å². The highest BCUT2D eigenvalue weighted by Gasteiger charge is 2.07. The van der Waals surface area contributed by atoms with Gasteiger partial charge in [0.05, 0.1) is 12.1 Å². The van der Waals surface area contributed by atoms with E-state index < -0.39 is 0 Å². The number of rotatable bonds is 3. The highest BCUT2D eigenvalue weighted by molar-refractivity contribution is 5.81. The van der Waals surface area contributed by atoms with Gasteiger partial charge in [0, 0.05) is 29.9 Å². The highest BCUT2D eigenvalue weighted by atomic mass is 16.1. The first-order valence-corrected chi connectivity index (χ1v) is 6.58. The van der Waals surface area contributed by atoms with E-state index in [9.17, 15) is 4.79 Å². The van der Waals surface area contributed by atoms with Crippen molar-refractivity contribution in [3.8, 4) is 0 Å². The van der Waals surface area contributed by atoms with Crippen LogP contribution in [0.4, 0.5) is 5.82 Å². The lowest BCUT2D eigenvalue weighted by Crippen LogP contribution is -2.24. The molecule has 1 aromatic carbocycles. The van der Waals surface area contributed by atoms with E-state index in [1.54, 1.807) is 21.5 Å². The number of nitrogens with two attached hydrogens (primary N) is 1. The second-order valence-corrected chi connectivity index (χ2v) is 4.72. The second kappa shape index (κ2) is 4.85. The lowest BCUT2D eigenvalue weighted by atomic mass is 10.1. The van der Waals surface area contributed by atoms with Gasteiger partial charge in [-0.25, -0.2) is 9.78 Å². The van der Waals surface area contributed by atoms with Gasteiger partial charge in [0.1, 0.15) is 5.82 Å². The molecule has 0 aliphatic rings. The van der Waals surface area contributed by atoms with Gasteiger partial charge in [-0.1, -0.05) is 18.2 Å². The lowest BCUT2D eigenvalue weighted by molar-refractivity contribution is 0.668. The topological polar surface area (TPSA) is 65.8 Å². The van der Waals surface area contributed by atoms with Crippen LogP contribution in [-0.2, 0) is 13.1 Å². The Kier molecular flexibility index (Phi) is 3.02. The molecule has 3 rings (SSSR count). The first-order valence-electron chi connectivity index (χ1n) is 6.58. The van der Waals surface area contributed by atoms with Gasteiger partial charge >= 0.3 is 5.69 Å².